The Kier molecular flexibility index (Phi) is 7.81. The van der Waals surface area contributed by atoms with E-state index in [-0.39, 0.29) is 11.0 Å². The second kappa shape index (κ2) is 9.65. The number of nitrogens with two attached hydrogens (primary N) is 1. The Morgan fingerprint density at radius 3 is 2.68 bits per heavy atom. The number of benzene rings is 1. The van der Waals surface area contributed by atoms with Crippen LogP contribution in [0, 0.1) is 0 Å². The smallest absolute Gasteiger partial charge is 0.253 e. The van der Waals surface area contributed by atoms with Crippen LogP contribution in [0.5, 0.6) is 0 Å². The van der Waals surface area contributed by atoms with Crippen molar-refractivity contribution in [3.63, 3.8) is 0 Å². The van der Waals surface area contributed by atoms with Gasteiger partial charge in [-0.05, 0) is 31.1 Å². The lowest BCUT2D eigenvalue weighted by atomic mass is 10.1. The summed E-state index contributed by atoms with van der Waals surface area (Å²) in [6, 6.07) is 9.95. The summed E-state index contributed by atoms with van der Waals surface area (Å²) in [7, 11) is 0. The molecule has 0 aliphatic rings. The van der Waals surface area contributed by atoms with Crippen molar-refractivity contribution in [2.45, 2.75) is 13.3 Å². The third-order valence-corrected chi connectivity index (χ3v) is 3.25. The summed E-state index contributed by atoms with van der Waals surface area (Å²) >= 11 is 5.13. The number of rotatable bonds is 6. The molecular weight excluding hydrogens is 294 g/mol. The van der Waals surface area contributed by atoms with Crippen molar-refractivity contribution in [1.82, 2.24) is 10.3 Å². The fourth-order valence-corrected chi connectivity index (χ4v) is 1.80. The van der Waals surface area contributed by atoms with Crippen LogP contribution in [0.15, 0.2) is 66.8 Å². The minimum absolute atomic E-state index is 0.210. The van der Waals surface area contributed by atoms with Crippen molar-refractivity contribution in [3.05, 3.63) is 72.4 Å². The highest BCUT2D eigenvalue weighted by Crippen LogP contribution is 2.00. The predicted octanol–water partition coefficient (Wildman–Crippen LogP) is 2.49. The van der Waals surface area contributed by atoms with Crippen molar-refractivity contribution < 1.29 is 4.79 Å². The summed E-state index contributed by atoms with van der Waals surface area (Å²) in [5.74, 6) is 5.60. The van der Waals surface area contributed by atoms with Gasteiger partial charge in [-0.3, -0.25) is 15.1 Å². The Morgan fingerprint density at radius 1 is 1.36 bits per heavy atom. The van der Waals surface area contributed by atoms with Gasteiger partial charge in [-0.25, -0.2) is 5.84 Å². The van der Waals surface area contributed by atoms with Gasteiger partial charge in [0.05, 0.1) is 0 Å². The van der Waals surface area contributed by atoms with Crippen molar-refractivity contribution >= 4 is 23.2 Å². The number of nitrogens with zero attached hydrogens (tertiary/aromatic N) is 1. The molecule has 0 fully saturated rings. The third kappa shape index (κ3) is 6.47. The molecule has 1 amide bonds. The lowest BCUT2D eigenvalue weighted by molar-refractivity contribution is -0.116. The van der Waals surface area contributed by atoms with Gasteiger partial charge in [-0.2, -0.15) is 0 Å². The van der Waals surface area contributed by atoms with Crippen molar-refractivity contribution in [2.75, 3.05) is 6.54 Å². The summed E-state index contributed by atoms with van der Waals surface area (Å²) in [6.45, 7) is 5.79. The zero-order valence-corrected chi connectivity index (χ0v) is 13.5. The first-order valence-electron chi connectivity index (χ1n) is 6.92. The van der Waals surface area contributed by atoms with Gasteiger partial charge in [0.1, 0.15) is 0 Å². The molecule has 0 radical (unpaired) electrons. The molecule has 22 heavy (non-hydrogen) atoms. The molecule has 0 unspecified atom stereocenters. The van der Waals surface area contributed by atoms with Gasteiger partial charge in [0.2, 0.25) is 0 Å². The maximum atomic E-state index is 11.9. The van der Waals surface area contributed by atoms with E-state index in [1.54, 1.807) is 31.2 Å². The van der Waals surface area contributed by atoms with Crippen LogP contribution in [-0.2, 0) is 11.2 Å². The molecule has 0 aliphatic carbocycles. The zero-order chi connectivity index (χ0) is 16.4. The van der Waals surface area contributed by atoms with Crippen LogP contribution in [0.4, 0.5) is 0 Å². The molecule has 0 aliphatic heterocycles. The highest BCUT2D eigenvalue weighted by Gasteiger charge is 2.10. The number of hydrogen-bond donors (Lipinski definition) is 2. The lowest BCUT2D eigenvalue weighted by Crippen LogP contribution is -2.47. The average Bonchev–Trinajstić information content (AvgIpc) is 2.53. The number of thiocarbonyl (C=S) groups is 1. The summed E-state index contributed by atoms with van der Waals surface area (Å²) in [6.07, 6.45) is 7.55. The number of amides is 1. The molecule has 0 aromatic heterocycles. The maximum Gasteiger partial charge on any atom is 0.253 e. The summed E-state index contributed by atoms with van der Waals surface area (Å²) in [4.78, 5) is 11.9. The van der Waals surface area contributed by atoms with E-state index in [2.05, 4.69) is 11.9 Å². The summed E-state index contributed by atoms with van der Waals surface area (Å²) < 4.78 is 0. The molecule has 0 bridgehead atoms. The van der Waals surface area contributed by atoms with E-state index in [0.29, 0.717) is 12.1 Å². The molecule has 0 spiro atoms. The third-order valence-electron chi connectivity index (χ3n) is 2.92. The van der Waals surface area contributed by atoms with E-state index in [4.69, 9.17) is 18.1 Å². The van der Waals surface area contributed by atoms with Gasteiger partial charge in [0.25, 0.3) is 5.91 Å². The van der Waals surface area contributed by atoms with Crippen LogP contribution < -0.4 is 11.2 Å². The molecule has 0 saturated carbocycles. The fourth-order valence-electron chi connectivity index (χ4n) is 1.62. The molecule has 3 N–H and O–H groups in total. The van der Waals surface area contributed by atoms with Crippen LogP contribution >= 0.6 is 12.2 Å². The summed E-state index contributed by atoms with van der Waals surface area (Å²) in [5.41, 5.74) is 1.70. The average molecular weight is 315 g/mol. The van der Waals surface area contributed by atoms with Crippen molar-refractivity contribution in [1.29, 1.82) is 0 Å². The molecular formula is C17H21N3OS. The highest BCUT2D eigenvalue weighted by molar-refractivity contribution is 7.80. The molecule has 1 rings (SSSR count). The Hall–Kier alpha value is -2.24. The lowest BCUT2D eigenvalue weighted by Gasteiger charge is -2.19. The summed E-state index contributed by atoms with van der Waals surface area (Å²) in [5, 5.41) is 4.19. The zero-order valence-electron chi connectivity index (χ0n) is 12.7. The number of nitrogens with one attached hydrogen (secondary N) is 1. The Balaban J connectivity index is 2.46. The molecule has 1 aromatic rings. The largest absolute Gasteiger partial charge is 0.298 e. The standard InChI is InChI=1S/C17H21N3OS/c1-3-4-6-9-14(2)16(21)19-17(22)20(18)13-12-15-10-7-5-8-11-15/h3-11H,1,12-13,18H2,2H3,(H,19,21,22). The minimum atomic E-state index is -0.270. The molecule has 0 atom stereocenters. The van der Waals surface area contributed by atoms with E-state index < -0.39 is 0 Å². The van der Waals surface area contributed by atoms with Crippen LogP contribution in [0.2, 0.25) is 0 Å². The fraction of sp³-hybridized carbons (Fsp3) is 0.176. The van der Waals surface area contributed by atoms with E-state index in [0.717, 1.165) is 12.0 Å². The number of allylic oxidation sites excluding steroid dienone is 4. The molecule has 116 valence electrons. The first kappa shape index (κ1) is 17.8. The molecule has 5 heteroatoms. The van der Waals surface area contributed by atoms with Crippen LogP contribution in [0.25, 0.3) is 0 Å². The van der Waals surface area contributed by atoms with Crippen LogP contribution in [0.3, 0.4) is 0 Å². The number of hydrazine groups is 1. The predicted molar refractivity (Wildman–Crippen MR) is 94.9 cm³/mol. The minimum Gasteiger partial charge on any atom is -0.298 e. The maximum absolute atomic E-state index is 11.9. The first-order chi connectivity index (χ1) is 10.5. The van der Waals surface area contributed by atoms with E-state index in [1.807, 2.05) is 30.3 Å². The van der Waals surface area contributed by atoms with Gasteiger partial charge in [-0.15, -0.1) is 0 Å². The van der Waals surface area contributed by atoms with Crippen molar-refractivity contribution in [2.24, 2.45) is 5.84 Å². The van der Waals surface area contributed by atoms with Gasteiger partial charge >= 0.3 is 0 Å². The second-order valence-electron chi connectivity index (χ2n) is 4.66. The molecule has 0 heterocycles. The number of carbonyl (C=O) groups excluding carboxylic acids is 1. The first-order valence-corrected chi connectivity index (χ1v) is 7.33. The van der Waals surface area contributed by atoms with E-state index in [1.165, 1.54) is 5.01 Å². The van der Waals surface area contributed by atoms with Crippen LogP contribution in [0.1, 0.15) is 12.5 Å². The Bertz CT molecular complexity index is 579. The van der Waals surface area contributed by atoms with Gasteiger partial charge in [0, 0.05) is 12.1 Å². The van der Waals surface area contributed by atoms with Crippen molar-refractivity contribution in [3.8, 4) is 0 Å². The normalized spacial score (nSPS) is 11.3. The molecule has 1 aromatic carbocycles. The van der Waals surface area contributed by atoms with E-state index in [9.17, 15) is 4.79 Å². The molecule has 4 nitrogen and oxygen atoms in total. The van der Waals surface area contributed by atoms with Gasteiger partial charge in [-0.1, -0.05) is 61.2 Å². The number of hydrogen-bond acceptors (Lipinski definition) is 3. The monoisotopic (exact) mass is 315 g/mol. The van der Waals surface area contributed by atoms with E-state index >= 15 is 0 Å². The topological polar surface area (TPSA) is 58.4 Å². The SMILES string of the molecule is C=CC=CC=C(C)C(=O)NC(=S)N(N)CCc1ccccc1. The Labute approximate surface area is 137 Å². The van der Waals surface area contributed by atoms with Crippen LogP contribution in [-0.4, -0.2) is 22.6 Å². The molecule has 0 saturated heterocycles. The van der Waals surface area contributed by atoms with Gasteiger partial charge < -0.3 is 0 Å². The second-order valence-corrected chi connectivity index (χ2v) is 5.05. The Morgan fingerprint density at radius 2 is 2.05 bits per heavy atom. The number of carbonyl (C=O) groups is 1. The highest BCUT2D eigenvalue weighted by atomic mass is 32.1. The van der Waals surface area contributed by atoms with Gasteiger partial charge in [0.15, 0.2) is 5.11 Å². The quantitative estimate of drug-likeness (QED) is 0.278.